The summed E-state index contributed by atoms with van der Waals surface area (Å²) in [4.78, 5) is 12.9. The molecule has 0 unspecified atom stereocenters. The molecule has 0 bridgehead atoms. The van der Waals surface area contributed by atoms with Crippen molar-refractivity contribution in [3.05, 3.63) is 0 Å². The highest BCUT2D eigenvalue weighted by atomic mass is 32.1. The van der Waals surface area contributed by atoms with Crippen LogP contribution in [0.5, 0.6) is 0 Å². The first kappa shape index (κ1) is 11.8. The number of nitrogens with zero attached hydrogens (tertiary/aromatic N) is 1. The number of carbonyl (C=O) groups is 1. The normalized spacial score (nSPS) is 10.3. The zero-order valence-electron chi connectivity index (χ0n) is 7.75. The molecule has 0 radical (unpaired) electrons. The minimum atomic E-state index is -0.149. The Balaban J connectivity index is 3.14. The third kappa shape index (κ3) is 7.88. The molecule has 0 amide bonds. The van der Waals surface area contributed by atoms with Gasteiger partial charge in [-0.2, -0.15) is 12.6 Å². The Morgan fingerprint density at radius 2 is 2.17 bits per heavy atom. The molecule has 0 saturated carbocycles. The molecule has 0 heterocycles. The van der Waals surface area contributed by atoms with Crippen molar-refractivity contribution in [3.8, 4) is 0 Å². The summed E-state index contributed by atoms with van der Waals surface area (Å²) in [6.07, 6.45) is 1.30. The summed E-state index contributed by atoms with van der Waals surface area (Å²) in [6, 6.07) is 0. The average molecular weight is 191 g/mol. The molecule has 0 saturated heterocycles. The van der Waals surface area contributed by atoms with Crippen LogP contribution in [-0.4, -0.2) is 43.9 Å². The molecule has 12 heavy (non-hydrogen) atoms. The Morgan fingerprint density at radius 3 is 2.67 bits per heavy atom. The Morgan fingerprint density at radius 1 is 1.50 bits per heavy atom. The van der Waals surface area contributed by atoms with E-state index < -0.39 is 0 Å². The number of hydrogen-bond acceptors (Lipinski definition) is 4. The van der Waals surface area contributed by atoms with Gasteiger partial charge in [0, 0.05) is 12.3 Å². The molecule has 72 valence electrons. The lowest BCUT2D eigenvalue weighted by atomic mass is 10.4. The van der Waals surface area contributed by atoms with Gasteiger partial charge in [0.05, 0.1) is 13.0 Å². The van der Waals surface area contributed by atoms with Crippen molar-refractivity contribution in [2.45, 2.75) is 12.8 Å². The van der Waals surface area contributed by atoms with Crippen molar-refractivity contribution in [1.29, 1.82) is 0 Å². The van der Waals surface area contributed by atoms with Gasteiger partial charge in [-0.3, -0.25) is 4.79 Å². The summed E-state index contributed by atoms with van der Waals surface area (Å²) >= 11 is 3.93. The molecule has 0 fully saturated rings. The molecule has 4 heteroatoms. The van der Waals surface area contributed by atoms with E-state index in [1.54, 1.807) is 0 Å². The van der Waals surface area contributed by atoms with Crippen LogP contribution < -0.4 is 0 Å². The number of esters is 1. The summed E-state index contributed by atoms with van der Waals surface area (Å²) in [6.45, 7) is 1.47. The summed E-state index contributed by atoms with van der Waals surface area (Å²) in [5.41, 5.74) is 0. The van der Waals surface area contributed by atoms with Gasteiger partial charge in [-0.1, -0.05) is 0 Å². The SMILES string of the molecule is CN(C)CCCOC(=O)CCS. The fourth-order valence-corrected chi connectivity index (χ4v) is 0.913. The molecule has 0 aromatic carbocycles. The minimum absolute atomic E-state index is 0.149. The third-order valence-corrected chi connectivity index (χ3v) is 1.55. The highest BCUT2D eigenvalue weighted by Gasteiger charge is 1.99. The molecule has 0 aromatic heterocycles. The first-order chi connectivity index (χ1) is 5.66. The highest BCUT2D eigenvalue weighted by molar-refractivity contribution is 7.80. The Bertz CT molecular complexity index is 128. The van der Waals surface area contributed by atoms with Gasteiger partial charge < -0.3 is 9.64 Å². The molecule has 0 rings (SSSR count). The van der Waals surface area contributed by atoms with E-state index in [9.17, 15) is 4.79 Å². The molecular formula is C8H17NO2S. The summed E-state index contributed by atoms with van der Waals surface area (Å²) in [5.74, 6) is 0.413. The molecule has 0 aliphatic rings. The lowest BCUT2D eigenvalue weighted by Gasteiger charge is -2.08. The maximum atomic E-state index is 10.8. The predicted molar refractivity (Wildman–Crippen MR) is 52.6 cm³/mol. The van der Waals surface area contributed by atoms with E-state index in [1.807, 2.05) is 14.1 Å². The largest absolute Gasteiger partial charge is 0.466 e. The lowest BCUT2D eigenvalue weighted by Crippen LogP contribution is -2.16. The first-order valence-electron chi connectivity index (χ1n) is 4.08. The summed E-state index contributed by atoms with van der Waals surface area (Å²) in [7, 11) is 3.99. The Kier molecular flexibility index (Phi) is 7.29. The quantitative estimate of drug-likeness (QED) is 0.382. The van der Waals surface area contributed by atoms with Crippen LogP contribution in [0.15, 0.2) is 0 Å². The van der Waals surface area contributed by atoms with Crippen molar-refractivity contribution in [3.63, 3.8) is 0 Å². The van der Waals surface area contributed by atoms with Crippen LogP contribution in [-0.2, 0) is 9.53 Å². The zero-order chi connectivity index (χ0) is 9.40. The second-order valence-electron chi connectivity index (χ2n) is 2.85. The maximum Gasteiger partial charge on any atom is 0.306 e. The minimum Gasteiger partial charge on any atom is -0.466 e. The molecule has 0 aromatic rings. The molecule has 0 aliphatic carbocycles. The van der Waals surface area contributed by atoms with Crippen LogP contribution in [0.2, 0.25) is 0 Å². The summed E-state index contributed by atoms with van der Waals surface area (Å²) < 4.78 is 4.92. The molecule has 0 aliphatic heterocycles. The van der Waals surface area contributed by atoms with E-state index in [1.165, 1.54) is 0 Å². The number of rotatable bonds is 6. The third-order valence-electron chi connectivity index (χ3n) is 1.33. The van der Waals surface area contributed by atoms with Crippen molar-refractivity contribution < 1.29 is 9.53 Å². The highest BCUT2D eigenvalue weighted by Crippen LogP contribution is 1.91. The lowest BCUT2D eigenvalue weighted by molar-refractivity contribution is -0.143. The Hall–Kier alpha value is -0.220. The van der Waals surface area contributed by atoms with E-state index in [2.05, 4.69) is 17.5 Å². The van der Waals surface area contributed by atoms with Crippen molar-refractivity contribution in [2.24, 2.45) is 0 Å². The standard InChI is InChI=1S/C8H17NO2S/c1-9(2)5-3-6-11-8(10)4-7-12/h12H,3-7H2,1-2H3. The molecule has 0 atom stereocenters. The number of thiol groups is 1. The second kappa shape index (κ2) is 7.43. The van der Waals surface area contributed by atoms with Gasteiger partial charge in [0.25, 0.3) is 0 Å². The van der Waals surface area contributed by atoms with Gasteiger partial charge in [-0.05, 0) is 20.5 Å². The fraction of sp³-hybridized carbons (Fsp3) is 0.875. The van der Waals surface area contributed by atoms with Gasteiger partial charge in [0.1, 0.15) is 0 Å². The van der Waals surface area contributed by atoms with Crippen molar-refractivity contribution >= 4 is 18.6 Å². The molecule has 3 nitrogen and oxygen atoms in total. The van der Waals surface area contributed by atoms with Crippen LogP contribution in [0.25, 0.3) is 0 Å². The van der Waals surface area contributed by atoms with Crippen molar-refractivity contribution in [1.82, 2.24) is 4.90 Å². The van der Waals surface area contributed by atoms with E-state index in [0.717, 1.165) is 13.0 Å². The average Bonchev–Trinajstić information content (AvgIpc) is 1.98. The second-order valence-corrected chi connectivity index (χ2v) is 3.30. The summed E-state index contributed by atoms with van der Waals surface area (Å²) in [5, 5.41) is 0. The van der Waals surface area contributed by atoms with E-state index in [-0.39, 0.29) is 5.97 Å². The van der Waals surface area contributed by atoms with Crippen LogP contribution in [0.3, 0.4) is 0 Å². The molecule has 0 N–H and O–H groups in total. The van der Waals surface area contributed by atoms with Gasteiger partial charge in [0.2, 0.25) is 0 Å². The fourth-order valence-electron chi connectivity index (χ4n) is 0.730. The van der Waals surface area contributed by atoms with Gasteiger partial charge in [-0.25, -0.2) is 0 Å². The maximum absolute atomic E-state index is 10.8. The molecule has 0 spiro atoms. The Labute approximate surface area is 79.5 Å². The number of carbonyl (C=O) groups excluding carboxylic acids is 1. The number of ether oxygens (including phenoxy) is 1. The van der Waals surface area contributed by atoms with Crippen LogP contribution in [0.1, 0.15) is 12.8 Å². The van der Waals surface area contributed by atoms with Gasteiger partial charge >= 0.3 is 5.97 Å². The van der Waals surface area contributed by atoms with E-state index >= 15 is 0 Å². The van der Waals surface area contributed by atoms with Crippen LogP contribution in [0, 0.1) is 0 Å². The van der Waals surface area contributed by atoms with Crippen molar-refractivity contribution in [2.75, 3.05) is 33.0 Å². The monoisotopic (exact) mass is 191 g/mol. The van der Waals surface area contributed by atoms with E-state index in [4.69, 9.17) is 4.74 Å². The van der Waals surface area contributed by atoms with Crippen LogP contribution in [0.4, 0.5) is 0 Å². The van der Waals surface area contributed by atoms with Crippen LogP contribution >= 0.6 is 12.6 Å². The topological polar surface area (TPSA) is 29.5 Å². The smallest absolute Gasteiger partial charge is 0.306 e. The van der Waals surface area contributed by atoms with E-state index in [0.29, 0.717) is 18.8 Å². The predicted octanol–water partition coefficient (Wildman–Crippen LogP) is 0.801. The molecular weight excluding hydrogens is 174 g/mol. The van der Waals surface area contributed by atoms with Gasteiger partial charge in [0.15, 0.2) is 0 Å². The first-order valence-corrected chi connectivity index (χ1v) is 4.71. The zero-order valence-corrected chi connectivity index (χ0v) is 8.64. The van der Waals surface area contributed by atoms with Gasteiger partial charge in [-0.15, -0.1) is 0 Å². The number of hydrogen-bond donors (Lipinski definition) is 1.